The number of benzene rings is 1. The first-order valence-electron chi connectivity index (χ1n) is 9.81. The summed E-state index contributed by atoms with van der Waals surface area (Å²) in [5.41, 5.74) is 2.81. The molecule has 1 amide bonds. The van der Waals surface area contributed by atoms with E-state index in [1.807, 2.05) is 60.3 Å². The van der Waals surface area contributed by atoms with Crippen molar-refractivity contribution in [3.63, 3.8) is 0 Å². The van der Waals surface area contributed by atoms with Crippen LogP contribution in [0.3, 0.4) is 0 Å². The molecule has 2 heterocycles. The van der Waals surface area contributed by atoms with Gasteiger partial charge in [0.15, 0.2) is 5.96 Å². The molecule has 0 unspecified atom stereocenters. The number of imidazole rings is 1. The van der Waals surface area contributed by atoms with Gasteiger partial charge in [0.25, 0.3) is 5.91 Å². The van der Waals surface area contributed by atoms with Crippen LogP contribution in [0.4, 0.5) is 0 Å². The zero-order valence-electron chi connectivity index (χ0n) is 17.9. The van der Waals surface area contributed by atoms with Crippen LogP contribution in [-0.2, 0) is 13.0 Å². The van der Waals surface area contributed by atoms with Crippen LogP contribution in [-0.4, -0.2) is 47.0 Å². The molecule has 0 fully saturated rings. The number of halogens is 1. The zero-order chi connectivity index (χ0) is 21.3. The van der Waals surface area contributed by atoms with E-state index in [9.17, 15) is 4.79 Å². The van der Waals surface area contributed by atoms with E-state index in [4.69, 9.17) is 0 Å². The molecule has 0 radical (unpaired) electrons. The summed E-state index contributed by atoms with van der Waals surface area (Å²) in [6.07, 6.45) is 6.29. The highest BCUT2D eigenvalue weighted by atomic mass is 127. The Balaban J connectivity index is 0.00000341. The van der Waals surface area contributed by atoms with Crippen molar-refractivity contribution >= 4 is 35.8 Å². The highest BCUT2D eigenvalue weighted by Crippen LogP contribution is 2.08. The van der Waals surface area contributed by atoms with Crippen molar-refractivity contribution in [1.82, 2.24) is 30.5 Å². The van der Waals surface area contributed by atoms with E-state index in [1.54, 1.807) is 20.3 Å². The second kappa shape index (κ2) is 12.0. The molecule has 1 aromatic carbocycles. The molecule has 31 heavy (non-hydrogen) atoms. The summed E-state index contributed by atoms with van der Waals surface area (Å²) in [5, 5.41) is 9.23. The summed E-state index contributed by atoms with van der Waals surface area (Å²) in [6.45, 7) is 3.26. The molecule has 2 aromatic heterocycles. The summed E-state index contributed by atoms with van der Waals surface area (Å²) < 4.78 is 1.94. The Bertz CT molecular complexity index is 1010. The maximum Gasteiger partial charge on any atom is 0.251 e. The molecular formula is C22H28IN7O. The highest BCUT2D eigenvalue weighted by molar-refractivity contribution is 14.0. The number of nitrogens with one attached hydrogen (secondary N) is 3. The van der Waals surface area contributed by atoms with Gasteiger partial charge in [-0.15, -0.1) is 24.0 Å². The number of aliphatic imine (C=N–C) groups is 1. The molecule has 8 nitrogen and oxygen atoms in total. The van der Waals surface area contributed by atoms with Crippen molar-refractivity contribution in [2.24, 2.45) is 4.99 Å². The maximum atomic E-state index is 11.8. The minimum Gasteiger partial charge on any atom is -0.356 e. The van der Waals surface area contributed by atoms with E-state index in [-0.39, 0.29) is 29.9 Å². The van der Waals surface area contributed by atoms with Gasteiger partial charge in [0.2, 0.25) is 0 Å². The van der Waals surface area contributed by atoms with E-state index in [0.29, 0.717) is 24.6 Å². The molecule has 9 heteroatoms. The Hall–Kier alpha value is -2.95. The Morgan fingerprint density at radius 1 is 1.13 bits per heavy atom. The van der Waals surface area contributed by atoms with E-state index >= 15 is 0 Å². The van der Waals surface area contributed by atoms with Gasteiger partial charge in [0.1, 0.15) is 11.6 Å². The van der Waals surface area contributed by atoms with Crippen LogP contribution >= 0.6 is 24.0 Å². The van der Waals surface area contributed by atoms with Crippen LogP contribution in [0, 0.1) is 6.92 Å². The first kappa shape index (κ1) is 24.3. The van der Waals surface area contributed by atoms with Gasteiger partial charge in [-0.25, -0.2) is 9.97 Å². The number of aromatic nitrogens is 3. The van der Waals surface area contributed by atoms with Crippen molar-refractivity contribution in [3.8, 4) is 5.82 Å². The molecule has 0 aliphatic heterocycles. The molecule has 0 aliphatic rings. The average Bonchev–Trinajstić information content (AvgIpc) is 3.22. The lowest BCUT2D eigenvalue weighted by Crippen LogP contribution is -2.37. The van der Waals surface area contributed by atoms with Crippen LogP contribution in [0.25, 0.3) is 5.82 Å². The van der Waals surface area contributed by atoms with Crippen LogP contribution < -0.4 is 16.0 Å². The number of amides is 1. The lowest BCUT2D eigenvalue weighted by molar-refractivity contribution is 0.0963. The minimum atomic E-state index is -0.0786. The number of carbonyl (C=O) groups excluding carboxylic acids is 1. The maximum absolute atomic E-state index is 11.8. The Morgan fingerprint density at radius 3 is 2.61 bits per heavy atom. The third-order valence-electron chi connectivity index (χ3n) is 4.69. The van der Waals surface area contributed by atoms with Crippen molar-refractivity contribution in [2.45, 2.75) is 19.9 Å². The number of hydrogen-bond donors (Lipinski definition) is 3. The Kier molecular flexibility index (Phi) is 9.44. The van der Waals surface area contributed by atoms with E-state index in [1.165, 1.54) is 0 Å². The van der Waals surface area contributed by atoms with E-state index < -0.39 is 0 Å². The molecule has 0 aliphatic carbocycles. The molecule has 0 saturated heterocycles. The molecule has 3 N–H and O–H groups in total. The molecule has 164 valence electrons. The summed E-state index contributed by atoms with van der Waals surface area (Å²) in [4.78, 5) is 24.7. The monoisotopic (exact) mass is 533 g/mol. The summed E-state index contributed by atoms with van der Waals surface area (Å²) in [6, 6.07) is 11.6. The van der Waals surface area contributed by atoms with Crippen LogP contribution in [0.15, 0.2) is 60.0 Å². The number of hydrogen-bond acceptors (Lipinski definition) is 4. The fourth-order valence-corrected chi connectivity index (χ4v) is 3.03. The quantitative estimate of drug-likeness (QED) is 0.247. The van der Waals surface area contributed by atoms with Gasteiger partial charge in [-0.1, -0.05) is 18.2 Å². The predicted molar refractivity (Wildman–Crippen MR) is 133 cm³/mol. The first-order chi connectivity index (χ1) is 14.6. The standard InChI is InChI=1S/C22H27N7O.HI/c1-16-25-11-12-29(16)20-8-7-18(14-27-20)15-28-22(24-3)26-10-9-17-5-4-6-19(13-17)21(30)23-2;/h4-8,11-14H,9-10,15H2,1-3H3,(H,23,30)(H2,24,26,28);1H. The molecule has 0 saturated carbocycles. The number of carbonyl (C=O) groups is 1. The van der Waals surface area contributed by atoms with Crippen molar-refractivity contribution in [1.29, 1.82) is 0 Å². The molecular weight excluding hydrogens is 505 g/mol. The normalized spacial score (nSPS) is 10.9. The Labute approximate surface area is 199 Å². The van der Waals surface area contributed by atoms with Gasteiger partial charge >= 0.3 is 0 Å². The van der Waals surface area contributed by atoms with Gasteiger partial charge < -0.3 is 16.0 Å². The number of guanidine groups is 1. The number of nitrogens with zero attached hydrogens (tertiary/aromatic N) is 4. The largest absolute Gasteiger partial charge is 0.356 e. The molecule has 3 aromatic rings. The van der Waals surface area contributed by atoms with Gasteiger partial charge in [-0.3, -0.25) is 14.4 Å². The van der Waals surface area contributed by atoms with Crippen LogP contribution in [0.2, 0.25) is 0 Å². The predicted octanol–water partition coefficient (Wildman–Crippen LogP) is 2.46. The Morgan fingerprint density at radius 2 is 1.97 bits per heavy atom. The van der Waals surface area contributed by atoms with Crippen molar-refractivity contribution in [2.75, 3.05) is 20.6 Å². The lowest BCUT2D eigenvalue weighted by atomic mass is 10.1. The molecule has 0 spiro atoms. The SMILES string of the molecule is CN=C(NCCc1cccc(C(=O)NC)c1)NCc1ccc(-n2ccnc2C)nc1.I. The second-order valence-electron chi connectivity index (χ2n) is 6.75. The third-order valence-corrected chi connectivity index (χ3v) is 4.69. The summed E-state index contributed by atoms with van der Waals surface area (Å²) in [5.74, 6) is 2.38. The smallest absolute Gasteiger partial charge is 0.251 e. The molecule has 0 bridgehead atoms. The molecule has 3 rings (SSSR count). The zero-order valence-corrected chi connectivity index (χ0v) is 20.3. The minimum absolute atomic E-state index is 0. The van der Waals surface area contributed by atoms with Crippen molar-refractivity contribution < 1.29 is 4.79 Å². The summed E-state index contributed by atoms with van der Waals surface area (Å²) >= 11 is 0. The lowest BCUT2D eigenvalue weighted by Gasteiger charge is -2.12. The number of pyridine rings is 1. The highest BCUT2D eigenvalue weighted by Gasteiger charge is 2.05. The summed E-state index contributed by atoms with van der Waals surface area (Å²) in [7, 11) is 3.37. The average molecular weight is 533 g/mol. The van der Waals surface area contributed by atoms with Gasteiger partial charge in [-0.2, -0.15) is 0 Å². The van der Waals surface area contributed by atoms with E-state index in [2.05, 4.69) is 30.9 Å². The molecule has 0 atom stereocenters. The topological polar surface area (TPSA) is 96.2 Å². The second-order valence-corrected chi connectivity index (χ2v) is 6.75. The number of aryl methyl sites for hydroxylation is 1. The van der Waals surface area contributed by atoms with Gasteiger partial charge in [0.05, 0.1) is 0 Å². The van der Waals surface area contributed by atoms with Crippen molar-refractivity contribution in [3.05, 3.63) is 77.5 Å². The fourth-order valence-electron chi connectivity index (χ4n) is 3.03. The first-order valence-corrected chi connectivity index (χ1v) is 9.81. The number of rotatable bonds is 7. The third kappa shape index (κ3) is 6.78. The van der Waals surface area contributed by atoms with Crippen LogP contribution in [0.1, 0.15) is 27.3 Å². The van der Waals surface area contributed by atoms with E-state index in [0.717, 1.165) is 29.2 Å². The fraction of sp³-hybridized carbons (Fsp3) is 0.273. The van der Waals surface area contributed by atoms with Gasteiger partial charge in [-0.05, 0) is 42.7 Å². The van der Waals surface area contributed by atoms with Crippen LogP contribution in [0.5, 0.6) is 0 Å². The van der Waals surface area contributed by atoms with Gasteiger partial charge in [0, 0.05) is 51.3 Å².